The lowest BCUT2D eigenvalue weighted by Gasteiger charge is -2.52. The summed E-state index contributed by atoms with van der Waals surface area (Å²) in [5.41, 5.74) is 0.0348. The third-order valence-electron chi connectivity index (χ3n) is 5.14. The summed E-state index contributed by atoms with van der Waals surface area (Å²) in [6, 6.07) is 0.275. The maximum atomic E-state index is 11.9. The number of aliphatic imine (C=N–C) groups is 1. The van der Waals surface area contributed by atoms with Crippen molar-refractivity contribution in [3.63, 3.8) is 0 Å². The first kappa shape index (κ1) is 23.7. The van der Waals surface area contributed by atoms with Crippen LogP contribution in [0.1, 0.15) is 53.4 Å². The van der Waals surface area contributed by atoms with Crippen molar-refractivity contribution < 1.29 is 14.3 Å². The van der Waals surface area contributed by atoms with Crippen molar-refractivity contribution in [2.75, 3.05) is 47.0 Å². The molecule has 0 aromatic rings. The second-order valence-electron chi connectivity index (χ2n) is 7.90. The predicted molar refractivity (Wildman–Crippen MR) is 110 cm³/mol. The summed E-state index contributed by atoms with van der Waals surface area (Å²) in [4.78, 5) is 17.9. The average Bonchev–Trinajstić information content (AvgIpc) is 2.63. The second kappa shape index (κ2) is 12.2. The van der Waals surface area contributed by atoms with Gasteiger partial charge in [-0.05, 0) is 26.2 Å². The highest BCUT2D eigenvalue weighted by atomic mass is 16.5. The summed E-state index contributed by atoms with van der Waals surface area (Å²) >= 11 is 0. The number of guanidine groups is 1. The fraction of sp³-hybridized carbons (Fsp3) is 0.900. The molecule has 2 atom stereocenters. The van der Waals surface area contributed by atoms with Crippen LogP contribution in [0.2, 0.25) is 0 Å². The van der Waals surface area contributed by atoms with E-state index in [2.05, 4.69) is 36.4 Å². The van der Waals surface area contributed by atoms with Crippen molar-refractivity contribution in [3.8, 4) is 0 Å². The van der Waals surface area contributed by atoms with E-state index in [9.17, 15) is 4.79 Å². The minimum Gasteiger partial charge on any atom is -0.382 e. The monoisotopic (exact) mass is 384 g/mol. The average molecular weight is 385 g/mol. The van der Waals surface area contributed by atoms with Gasteiger partial charge in [0, 0.05) is 51.9 Å². The highest BCUT2D eigenvalue weighted by Gasteiger charge is 2.49. The second-order valence-corrected chi connectivity index (χ2v) is 7.90. The molecule has 2 unspecified atom stereocenters. The number of rotatable bonds is 12. The molecule has 158 valence electrons. The Labute approximate surface area is 165 Å². The maximum Gasteiger partial charge on any atom is 0.243 e. The molecule has 0 heterocycles. The van der Waals surface area contributed by atoms with E-state index in [1.54, 1.807) is 19.0 Å². The zero-order chi connectivity index (χ0) is 20.3. The van der Waals surface area contributed by atoms with Crippen molar-refractivity contribution >= 4 is 11.9 Å². The minimum atomic E-state index is -0.0148. The van der Waals surface area contributed by atoms with Gasteiger partial charge in [-0.2, -0.15) is 0 Å². The van der Waals surface area contributed by atoms with Crippen molar-refractivity contribution in [3.05, 3.63) is 0 Å². The van der Waals surface area contributed by atoms with Crippen LogP contribution in [0.4, 0.5) is 0 Å². The van der Waals surface area contributed by atoms with Gasteiger partial charge in [-0.1, -0.05) is 27.2 Å². The molecular weight excluding hydrogens is 344 g/mol. The summed E-state index contributed by atoms with van der Waals surface area (Å²) in [6.07, 6.45) is 4.37. The van der Waals surface area contributed by atoms with Gasteiger partial charge in [0.1, 0.15) is 6.54 Å². The molecule has 2 N–H and O–H groups in total. The number of carbonyl (C=O) groups excluding carboxylic acids is 1. The molecule has 7 heteroatoms. The van der Waals surface area contributed by atoms with Crippen molar-refractivity contribution in [1.82, 2.24) is 15.5 Å². The van der Waals surface area contributed by atoms with Gasteiger partial charge < -0.3 is 25.0 Å². The molecule has 0 bridgehead atoms. The number of hydrogen-bond donors (Lipinski definition) is 2. The zero-order valence-electron chi connectivity index (χ0n) is 18.1. The van der Waals surface area contributed by atoms with Gasteiger partial charge in [0.05, 0.1) is 6.10 Å². The Kier molecular flexibility index (Phi) is 10.7. The molecule has 1 amide bonds. The van der Waals surface area contributed by atoms with Crippen LogP contribution >= 0.6 is 0 Å². The Morgan fingerprint density at radius 3 is 2.56 bits per heavy atom. The predicted octanol–water partition coefficient (Wildman–Crippen LogP) is 2.02. The highest BCUT2D eigenvalue weighted by Crippen LogP contribution is 2.42. The molecule has 7 nitrogen and oxygen atoms in total. The molecule has 1 aliphatic carbocycles. The van der Waals surface area contributed by atoms with Gasteiger partial charge in [-0.15, -0.1) is 0 Å². The number of hydrogen-bond acceptors (Lipinski definition) is 4. The van der Waals surface area contributed by atoms with Crippen LogP contribution in [0, 0.1) is 5.41 Å². The number of ether oxygens (including phenoxy) is 2. The maximum absolute atomic E-state index is 11.9. The number of likely N-dealkylation sites (N-methyl/N-ethyl adjacent to an activating group) is 1. The van der Waals surface area contributed by atoms with E-state index in [1.807, 2.05) is 6.92 Å². The topological polar surface area (TPSA) is 75.2 Å². The Hall–Kier alpha value is -1.34. The van der Waals surface area contributed by atoms with E-state index in [1.165, 1.54) is 0 Å². The smallest absolute Gasteiger partial charge is 0.243 e. The molecule has 1 saturated carbocycles. The fourth-order valence-corrected chi connectivity index (χ4v) is 2.91. The third-order valence-corrected chi connectivity index (χ3v) is 5.14. The molecule has 0 radical (unpaired) electrons. The van der Waals surface area contributed by atoms with Gasteiger partial charge in [0.25, 0.3) is 0 Å². The molecule has 0 aliphatic heterocycles. The molecule has 0 aromatic heterocycles. The van der Waals surface area contributed by atoms with Crippen LogP contribution in [0.3, 0.4) is 0 Å². The van der Waals surface area contributed by atoms with Gasteiger partial charge >= 0.3 is 0 Å². The summed E-state index contributed by atoms with van der Waals surface area (Å²) < 4.78 is 11.4. The number of nitrogens with one attached hydrogen (secondary N) is 2. The number of unbranched alkanes of at least 4 members (excludes halogenated alkanes) is 1. The van der Waals surface area contributed by atoms with Gasteiger partial charge in [-0.25, -0.2) is 4.99 Å². The van der Waals surface area contributed by atoms with Crippen LogP contribution in [-0.2, 0) is 14.3 Å². The van der Waals surface area contributed by atoms with E-state index >= 15 is 0 Å². The Bertz CT molecular complexity index is 466. The van der Waals surface area contributed by atoms with Gasteiger partial charge in [0.15, 0.2) is 5.96 Å². The Balaban J connectivity index is 2.57. The SMILES string of the molecule is CCCCOC1CC(NC(=NCC(=O)N(C)C)NCCCOCC)C1(C)C. The first-order valence-electron chi connectivity index (χ1n) is 10.3. The largest absolute Gasteiger partial charge is 0.382 e. The standard InChI is InChI=1S/C20H40N4O3/c1-7-9-13-27-17-14-16(20(17,3)4)23-19(21-11-10-12-26-8-2)22-15-18(25)24(5)6/h16-17H,7-15H2,1-6H3,(H2,21,22,23). The van der Waals surface area contributed by atoms with E-state index in [0.717, 1.165) is 52.0 Å². The highest BCUT2D eigenvalue weighted by molar-refractivity contribution is 5.85. The van der Waals surface area contributed by atoms with Gasteiger partial charge in [-0.3, -0.25) is 4.79 Å². The number of amides is 1. The van der Waals surface area contributed by atoms with E-state index in [-0.39, 0.29) is 30.0 Å². The van der Waals surface area contributed by atoms with Crippen LogP contribution in [0.5, 0.6) is 0 Å². The summed E-state index contributed by atoms with van der Waals surface area (Å²) in [5, 5.41) is 6.82. The Morgan fingerprint density at radius 1 is 1.22 bits per heavy atom. The summed E-state index contributed by atoms with van der Waals surface area (Å²) in [6.45, 7) is 11.8. The minimum absolute atomic E-state index is 0.0148. The number of nitrogens with zero attached hydrogens (tertiary/aromatic N) is 2. The summed E-state index contributed by atoms with van der Waals surface area (Å²) in [5.74, 6) is 0.672. The zero-order valence-corrected chi connectivity index (χ0v) is 18.1. The van der Waals surface area contributed by atoms with E-state index in [0.29, 0.717) is 5.96 Å². The van der Waals surface area contributed by atoms with Crippen LogP contribution in [0.25, 0.3) is 0 Å². The van der Waals surface area contributed by atoms with Crippen LogP contribution in [0.15, 0.2) is 4.99 Å². The normalized spacial score (nSPS) is 21.5. The first-order valence-corrected chi connectivity index (χ1v) is 10.3. The first-order chi connectivity index (χ1) is 12.8. The molecule has 1 aliphatic rings. The molecule has 0 aromatic carbocycles. The lowest BCUT2D eigenvalue weighted by molar-refractivity contribution is -0.127. The lowest BCUT2D eigenvalue weighted by Crippen LogP contribution is -2.63. The molecule has 0 spiro atoms. The molecule has 1 fully saturated rings. The molecular formula is C20H40N4O3. The van der Waals surface area contributed by atoms with Crippen molar-refractivity contribution in [2.45, 2.75) is 65.5 Å². The van der Waals surface area contributed by atoms with Crippen LogP contribution in [-0.4, -0.2) is 75.9 Å². The summed E-state index contributed by atoms with van der Waals surface area (Å²) in [7, 11) is 3.49. The lowest BCUT2D eigenvalue weighted by atomic mass is 9.64. The number of carbonyl (C=O) groups is 1. The fourth-order valence-electron chi connectivity index (χ4n) is 2.91. The van der Waals surface area contributed by atoms with Crippen LogP contribution < -0.4 is 10.6 Å². The van der Waals surface area contributed by atoms with E-state index in [4.69, 9.17) is 9.47 Å². The molecule has 0 saturated heterocycles. The van der Waals surface area contributed by atoms with Gasteiger partial charge in [0.2, 0.25) is 5.91 Å². The van der Waals surface area contributed by atoms with Crippen molar-refractivity contribution in [2.24, 2.45) is 10.4 Å². The van der Waals surface area contributed by atoms with Crippen molar-refractivity contribution in [1.29, 1.82) is 0 Å². The quantitative estimate of drug-likeness (QED) is 0.306. The molecule has 1 rings (SSSR count). The molecule has 27 heavy (non-hydrogen) atoms. The Morgan fingerprint density at radius 2 is 1.96 bits per heavy atom. The third kappa shape index (κ3) is 8.05. The van der Waals surface area contributed by atoms with E-state index < -0.39 is 0 Å².